The molecule has 1 unspecified atom stereocenters. The lowest BCUT2D eigenvalue weighted by molar-refractivity contribution is -0.438. The fourth-order valence-electron chi connectivity index (χ4n) is 15.7. The van der Waals surface area contributed by atoms with Crippen molar-refractivity contribution in [1.29, 1.82) is 21.6 Å². The minimum Gasteiger partial charge on any atom is -0.748 e. The normalized spacial score (nSPS) is 17.2. The van der Waals surface area contributed by atoms with Gasteiger partial charge in [-0.05, 0) is 208 Å². The van der Waals surface area contributed by atoms with Crippen molar-refractivity contribution in [3.63, 3.8) is 0 Å². The zero-order valence-electron chi connectivity index (χ0n) is 71.0. The molecule has 10 rings (SSSR count). The van der Waals surface area contributed by atoms with E-state index >= 15 is 0 Å². The van der Waals surface area contributed by atoms with Crippen molar-refractivity contribution in [3.8, 4) is 11.5 Å². The number of ether oxygens (including phenoxy) is 2. The van der Waals surface area contributed by atoms with Crippen LogP contribution in [0.25, 0.3) is 0 Å². The first-order valence-corrected chi connectivity index (χ1v) is 47.9. The molecule has 4 aliphatic heterocycles. The van der Waals surface area contributed by atoms with Crippen LogP contribution in [0.15, 0.2) is 177 Å². The first-order chi connectivity index (χ1) is 59.1. The minimum atomic E-state index is -4.66. The number of carbonyl (C=O) groups excluding carboxylic acids is 3. The van der Waals surface area contributed by atoms with E-state index in [9.17, 15) is 66.3 Å². The number of nitrogens with one attached hydrogen (secondary N) is 7. The fourth-order valence-corrected chi connectivity index (χ4v) is 18.1. The molecule has 0 aliphatic carbocycles. The highest BCUT2D eigenvalue weighted by molar-refractivity contribution is 7.86. The van der Waals surface area contributed by atoms with Crippen molar-refractivity contribution in [2.75, 3.05) is 79.7 Å². The number of aliphatic imine (C=N–C) groups is 2. The van der Waals surface area contributed by atoms with Gasteiger partial charge in [-0.15, -0.1) is 0 Å². The molecule has 4 heterocycles. The van der Waals surface area contributed by atoms with Crippen LogP contribution < -0.4 is 45.9 Å². The second-order valence-electron chi connectivity index (χ2n) is 31.5. The predicted octanol–water partition coefficient (Wildman–Crippen LogP) is 13.4. The topological polar surface area (TPSA) is 485 Å². The Hall–Kier alpha value is -10.2. The molecule has 0 saturated carbocycles. The molecule has 6 aromatic rings. The lowest BCUT2D eigenvalue weighted by atomic mass is 9.77. The highest BCUT2D eigenvalue weighted by Crippen LogP contribution is 2.52. The number of benzene rings is 6. The number of hydrogen-bond donors (Lipinski definition) is 11. The van der Waals surface area contributed by atoms with Gasteiger partial charge in [0.05, 0.1) is 80.9 Å². The number of nitrogens with two attached hydrogens (primary N) is 1. The molecule has 0 spiro atoms. The summed E-state index contributed by atoms with van der Waals surface area (Å²) in [5, 5.41) is 45.0. The van der Waals surface area contributed by atoms with Crippen LogP contribution >= 0.6 is 23.2 Å². The molecular weight excluding hydrogens is 1720 g/mol. The summed E-state index contributed by atoms with van der Waals surface area (Å²) in [6.07, 6.45) is 16.7. The molecule has 125 heavy (non-hydrogen) atoms. The van der Waals surface area contributed by atoms with Crippen LogP contribution in [0.5, 0.6) is 11.5 Å². The first-order valence-electron chi connectivity index (χ1n) is 41.1. The van der Waals surface area contributed by atoms with E-state index in [-0.39, 0.29) is 95.9 Å². The van der Waals surface area contributed by atoms with Crippen molar-refractivity contribution in [2.24, 2.45) is 15.7 Å². The van der Waals surface area contributed by atoms with Crippen molar-refractivity contribution in [3.05, 3.63) is 201 Å². The Balaban J connectivity index is 0.000000432. The third kappa shape index (κ3) is 26.5. The quantitative estimate of drug-likeness (QED) is 0.00425. The van der Waals surface area contributed by atoms with Gasteiger partial charge in [0, 0.05) is 112 Å². The third-order valence-electron chi connectivity index (χ3n) is 22.0. The van der Waals surface area contributed by atoms with E-state index in [0.29, 0.717) is 179 Å². The number of halogens is 2. The number of unbranched alkanes of at least 4 members (excludes halogenated alkanes) is 8. The van der Waals surface area contributed by atoms with Gasteiger partial charge in [0.25, 0.3) is 30.4 Å². The Labute approximate surface area is 741 Å². The SMILES string of the molecule is COc1ccc2c(c1)C(c1ccc(Cl)cc1)=N[C@@H](CC(=O)NCCCCCN)C(=N)N2C(C)=N.COc1ccc2c(c1)C(c1ccc(Cl)cc1)=N[C@@H](CC(=O)NCCCCCNC(=O)CCCCCC1(C)/C(=C/C=C/C=C/C3=[N+](CCCCS(=O)(=O)O)c4ccc(S(=O)(=O)O)cc4C3(C)C)N(CCCCS(=O)(=O)[O-])c3ccc(S(=O)(=O)O)cc31)C(=N)N2C(C)=N. The number of fused-ring (bicyclic) bond motifs is 4. The van der Waals surface area contributed by atoms with Crippen molar-refractivity contribution < 1.29 is 80.3 Å². The van der Waals surface area contributed by atoms with Crippen LogP contribution in [0, 0.1) is 21.6 Å². The summed E-state index contributed by atoms with van der Waals surface area (Å²) >= 11 is 12.3. The van der Waals surface area contributed by atoms with Crippen molar-refractivity contribution in [1.82, 2.24) is 16.0 Å². The molecule has 3 amide bonds. The molecule has 0 bridgehead atoms. The number of rotatable bonds is 40. The van der Waals surface area contributed by atoms with E-state index in [1.807, 2.05) is 78.8 Å². The van der Waals surface area contributed by atoms with Gasteiger partial charge in [0.15, 0.2) is 5.71 Å². The van der Waals surface area contributed by atoms with Crippen LogP contribution in [0.3, 0.4) is 0 Å². The third-order valence-corrected chi connectivity index (χ3v) is 25.8. The molecular formula is C88H110Cl2N14O17S4. The van der Waals surface area contributed by atoms with Gasteiger partial charge in [-0.1, -0.05) is 85.0 Å². The van der Waals surface area contributed by atoms with E-state index in [2.05, 4.69) is 16.0 Å². The van der Waals surface area contributed by atoms with Gasteiger partial charge in [0.1, 0.15) is 53.5 Å². The molecule has 0 aromatic heterocycles. The van der Waals surface area contributed by atoms with E-state index in [0.717, 1.165) is 24.8 Å². The largest absolute Gasteiger partial charge is 0.748 e. The molecule has 0 radical (unpaired) electrons. The highest BCUT2D eigenvalue weighted by Gasteiger charge is 2.46. The smallest absolute Gasteiger partial charge is 0.294 e. The van der Waals surface area contributed by atoms with E-state index in [1.54, 1.807) is 107 Å². The predicted molar refractivity (Wildman–Crippen MR) is 489 cm³/mol. The van der Waals surface area contributed by atoms with Gasteiger partial charge in [-0.2, -0.15) is 29.8 Å². The molecule has 31 nitrogen and oxygen atoms in total. The molecule has 0 saturated heterocycles. The minimum absolute atomic E-state index is 0.00170. The number of benzodiazepines with no additional fused rings is 2. The first kappa shape index (κ1) is 98.6. The zero-order chi connectivity index (χ0) is 91.4. The number of carbonyl (C=O) groups is 3. The second kappa shape index (κ2) is 43.8. The van der Waals surface area contributed by atoms with Gasteiger partial charge < -0.3 is 40.6 Å². The molecule has 37 heteroatoms. The summed E-state index contributed by atoms with van der Waals surface area (Å²) in [5.41, 5.74) is 12.8. The fraction of sp³-hybridized carbons (Fsp3) is 0.409. The van der Waals surface area contributed by atoms with Gasteiger partial charge >= 0.3 is 0 Å². The Bertz CT molecular complexity index is 5710. The lowest BCUT2D eigenvalue weighted by Gasteiger charge is -2.30. The molecule has 4 aliphatic rings. The molecule has 6 aromatic carbocycles. The zero-order valence-corrected chi connectivity index (χ0v) is 75.8. The molecule has 12 N–H and O–H groups in total. The van der Waals surface area contributed by atoms with Crippen LogP contribution in [0.1, 0.15) is 177 Å². The van der Waals surface area contributed by atoms with Gasteiger partial charge in [0.2, 0.25) is 23.4 Å². The van der Waals surface area contributed by atoms with E-state index < -0.39 is 74.9 Å². The van der Waals surface area contributed by atoms with Crippen molar-refractivity contribution in [2.45, 2.75) is 176 Å². The Morgan fingerprint density at radius 3 is 1.52 bits per heavy atom. The number of methoxy groups -OCH3 is 2. The van der Waals surface area contributed by atoms with Crippen LogP contribution in [-0.4, -0.2) is 192 Å². The maximum absolute atomic E-state index is 13.4. The van der Waals surface area contributed by atoms with Gasteiger partial charge in [-0.3, -0.25) is 69.5 Å². The maximum Gasteiger partial charge on any atom is 0.294 e. The van der Waals surface area contributed by atoms with E-state index in [1.165, 1.54) is 34.1 Å². The van der Waals surface area contributed by atoms with Crippen LogP contribution in [0.2, 0.25) is 10.0 Å². The summed E-state index contributed by atoms with van der Waals surface area (Å²) in [6.45, 7) is 11.4. The monoisotopic (exact) mass is 1830 g/mol. The highest BCUT2D eigenvalue weighted by atomic mass is 35.5. The van der Waals surface area contributed by atoms with Crippen LogP contribution in [-0.2, 0) is 65.7 Å². The number of hydrogen-bond acceptors (Lipinski definition) is 22. The molecule has 3 atom stereocenters. The summed E-state index contributed by atoms with van der Waals surface area (Å²) in [5.74, 6) is -0.214. The van der Waals surface area contributed by atoms with Gasteiger partial charge in [-0.25, -0.2) is 8.42 Å². The number of amides is 3. The Kier molecular flexibility index (Phi) is 34.6. The molecule has 672 valence electrons. The summed E-state index contributed by atoms with van der Waals surface area (Å²) in [6, 6.07) is 31.9. The van der Waals surface area contributed by atoms with Crippen LogP contribution in [0.4, 0.5) is 22.7 Å². The number of allylic oxidation sites excluding steroid dienone is 6. The van der Waals surface area contributed by atoms with Crippen molar-refractivity contribution >= 4 is 145 Å². The second-order valence-corrected chi connectivity index (χ2v) is 38.3. The number of anilines is 3. The average Bonchev–Trinajstić information content (AvgIpc) is 1.58. The van der Waals surface area contributed by atoms with E-state index in [4.69, 9.17) is 70.0 Å². The summed E-state index contributed by atoms with van der Waals surface area (Å²) < 4.78 is 150. The molecule has 0 fully saturated rings. The standard InChI is InChI=1S/C63H79ClN8O15S4.C25H31ClN6O2/c1-43(65)72-53-29-26-46(87-5)39-49(53)60(44-22-24-45(64)25-23-44)69-52(61(72)66)42-59(74)68-34-14-8-13-33-67-58(73)21-11-7-12-32-63(4)51-41-48(91(84,85)86)28-31-55(51)71(36-16-18-38-89(78,79)80)57(63)20-10-6-9-19-56-62(2,3)50-40-47(90(81,82)83)27-30-54(50)70(56)35-15-17-37-88(75,76)77;1-16(28)32-22-11-10-19(34-2)14-20(22)24(17-6-8-18(26)9-7-17)31-21(25(32)29)15-23(33)30-13-5-3-4-12-27/h6,9-10,19-20,22-31,39-41,52,65-66H,7-8,11-18,21,32-38,42H2,1-5H3,(H5-,67,68,73,74,75,76,77,78,79,80,81,82,83,84,85,86);6-11,14,21,28-29H,3-5,12-13,15,27H2,1-2H3,(H,30,33)/t52-,63?;21-/m00/s1. The Morgan fingerprint density at radius 2 is 1.04 bits per heavy atom. The summed E-state index contributed by atoms with van der Waals surface area (Å²) in [4.78, 5) is 53.4. The lowest BCUT2D eigenvalue weighted by Crippen LogP contribution is -2.42. The summed E-state index contributed by atoms with van der Waals surface area (Å²) in [7, 11) is -14.8. The average molecular weight is 1840 g/mol. The maximum atomic E-state index is 13.4. The Morgan fingerprint density at radius 1 is 0.568 bits per heavy atom. The number of nitrogens with zero attached hydrogens (tertiary/aromatic N) is 6. The number of amidine groups is 4.